The minimum atomic E-state index is 0.906. The van der Waals surface area contributed by atoms with E-state index in [4.69, 9.17) is 15.0 Å². The van der Waals surface area contributed by atoms with Crippen molar-refractivity contribution in [1.82, 2.24) is 15.0 Å². The van der Waals surface area contributed by atoms with Gasteiger partial charge < -0.3 is 0 Å². The van der Waals surface area contributed by atoms with E-state index in [-0.39, 0.29) is 0 Å². The van der Waals surface area contributed by atoms with Crippen LogP contribution in [0.5, 0.6) is 0 Å². The maximum atomic E-state index is 5.14. The molecule has 8 aromatic rings. The van der Waals surface area contributed by atoms with Crippen molar-refractivity contribution in [2.24, 2.45) is 0 Å². The van der Waals surface area contributed by atoms with Gasteiger partial charge in [-0.15, -0.1) is 0 Å². The predicted molar refractivity (Wildman–Crippen MR) is 217 cm³/mol. The second-order valence-electron chi connectivity index (χ2n) is 13.8. The van der Waals surface area contributed by atoms with Gasteiger partial charge in [0, 0.05) is 45.8 Å². The second-order valence-corrected chi connectivity index (χ2v) is 13.8. The standard InChI is InChI=1S/C49H39N3/c1-32-19-33(2)22-40(21-32)38-15-17-46(50-30-38)44-25-42(26-45(27-44)47-18-16-39(31-51-47)41-23-34(3)20-35(4)24-41)43-28-48(36-11-7-5-8-12-36)52-49(29-43)37-13-9-6-10-14-37/h5-31H,1-4H3. The van der Waals surface area contributed by atoms with Crippen molar-refractivity contribution >= 4 is 0 Å². The molecule has 52 heavy (non-hydrogen) atoms. The highest BCUT2D eigenvalue weighted by Gasteiger charge is 2.14. The summed E-state index contributed by atoms with van der Waals surface area (Å²) in [6.07, 6.45) is 3.97. The van der Waals surface area contributed by atoms with Crippen molar-refractivity contribution in [2.75, 3.05) is 0 Å². The molecule has 0 spiro atoms. The zero-order valence-corrected chi connectivity index (χ0v) is 29.9. The van der Waals surface area contributed by atoms with Crippen molar-refractivity contribution in [3.63, 3.8) is 0 Å². The zero-order chi connectivity index (χ0) is 35.6. The van der Waals surface area contributed by atoms with Crippen molar-refractivity contribution < 1.29 is 0 Å². The molecule has 0 bridgehead atoms. The molecule has 0 N–H and O–H groups in total. The number of hydrogen-bond donors (Lipinski definition) is 0. The van der Waals surface area contributed by atoms with E-state index in [1.54, 1.807) is 0 Å². The summed E-state index contributed by atoms with van der Waals surface area (Å²) in [7, 11) is 0. The number of hydrogen-bond acceptors (Lipinski definition) is 3. The van der Waals surface area contributed by atoms with Crippen molar-refractivity contribution in [3.8, 4) is 78.4 Å². The molecule has 3 nitrogen and oxygen atoms in total. The Labute approximate surface area is 306 Å². The SMILES string of the molecule is Cc1cc(C)cc(-c2ccc(-c3cc(-c4cc(-c5ccccc5)nc(-c5ccccc5)c4)cc(-c4ccc(-c5cc(C)cc(C)c5)cn4)c3)nc2)c1. The monoisotopic (exact) mass is 669 g/mol. The van der Waals surface area contributed by atoms with Gasteiger partial charge in [0.1, 0.15) is 0 Å². The van der Waals surface area contributed by atoms with Crippen molar-refractivity contribution in [3.05, 3.63) is 186 Å². The summed E-state index contributed by atoms with van der Waals surface area (Å²) < 4.78 is 0. The lowest BCUT2D eigenvalue weighted by Crippen LogP contribution is -1.93. The highest BCUT2D eigenvalue weighted by atomic mass is 14.7. The third kappa shape index (κ3) is 7.08. The summed E-state index contributed by atoms with van der Waals surface area (Å²) in [4.78, 5) is 15.2. The molecule has 0 amide bonds. The van der Waals surface area contributed by atoms with Gasteiger partial charge in [0.05, 0.1) is 22.8 Å². The maximum absolute atomic E-state index is 5.14. The molecule has 250 valence electrons. The van der Waals surface area contributed by atoms with Gasteiger partial charge >= 0.3 is 0 Å². The average Bonchev–Trinajstić information content (AvgIpc) is 3.17. The number of rotatable bonds is 7. The van der Waals surface area contributed by atoms with E-state index in [1.165, 1.54) is 33.4 Å². The van der Waals surface area contributed by atoms with E-state index in [1.807, 2.05) is 24.5 Å². The molecule has 0 saturated carbocycles. The minimum absolute atomic E-state index is 0.906. The molecule has 0 aliphatic heterocycles. The van der Waals surface area contributed by atoms with Gasteiger partial charge in [-0.05, 0) is 92.4 Å². The lowest BCUT2D eigenvalue weighted by atomic mass is 9.94. The second kappa shape index (κ2) is 14.0. The van der Waals surface area contributed by atoms with E-state index in [9.17, 15) is 0 Å². The third-order valence-corrected chi connectivity index (χ3v) is 9.46. The lowest BCUT2D eigenvalue weighted by Gasteiger charge is -2.14. The average molecular weight is 670 g/mol. The van der Waals surface area contributed by atoms with Gasteiger partial charge in [-0.25, -0.2) is 4.98 Å². The van der Waals surface area contributed by atoms with Crippen LogP contribution in [-0.4, -0.2) is 15.0 Å². The molecule has 0 radical (unpaired) electrons. The van der Waals surface area contributed by atoms with Crippen LogP contribution in [0.4, 0.5) is 0 Å². The Kier molecular flexibility index (Phi) is 8.84. The van der Waals surface area contributed by atoms with Crippen molar-refractivity contribution in [1.29, 1.82) is 0 Å². The van der Waals surface area contributed by atoms with Crippen LogP contribution < -0.4 is 0 Å². The smallest absolute Gasteiger partial charge is 0.0715 e. The maximum Gasteiger partial charge on any atom is 0.0715 e. The Morgan fingerprint density at radius 2 is 0.635 bits per heavy atom. The van der Waals surface area contributed by atoms with E-state index in [0.29, 0.717) is 0 Å². The van der Waals surface area contributed by atoms with E-state index in [0.717, 1.165) is 67.3 Å². The topological polar surface area (TPSA) is 38.7 Å². The van der Waals surface area contributed by atoms with Crippen LogP contribution in [0.3, 0.4) is 0 Å². The molecule has 5 aromatic carbocycles. The molecule has 0 aliphatic rings. The first-order chi connectivity index (χ1) is 25.3. The minimum Gasteiger partial charge on any atom is -0.256 e. The Morgan fingerprint density at radius 1 is 0.269 bits per heavy atom. The first-order valence-corrected chi connectivity index (χ1v) is 17.7. The van der Waals surface area contributed by atoms with E-state index in [2.05, 4.69) is 167 Å². The first kappa shape index (κ1) is 32.7. The normalized spacial score (nSPS) is 11.1. The van der Waals surface area contributed by atoms with Crippen LogP contribution in [0.2, 0.25) is 0 Å². The summed E-state index contributed by atoms with van der Waals surface area (Å²) in [5.41, 5.74) is 19.6. The molecule has 0 fully saturated rings. The van der Waals surface area contributed by atoms with Gasteiger partial charge in [-0.1, -0.05) is 131 Å². The summed E-state index contributed by atoms with van der Waals surface area (Å²) in [5, 5.41) is 0. The number of aromatic nitrogens is 3. The van der Waals surface area contributed by atoms with Gasteiger partial charge in [0.2, 0.25) is 0 Å². The Morgan fingerprint density at radius 3 is 1.02 bits per heavy atom. The van der Waals surface area contributed by atoms with Gasteiger partial charge in [0.25, 0.3) is 0 Å². The summed E-state index contributed by atoms with van der Waals surface area (Å²) >= 11 is 0. The molecule has 8 rings (SSSR count). The summed E-state index contributed by atoms with van der Waals surface area (Å²) in [6.45, 7) is 8.55. The number of aryl methyl sites for hydroxylation is 4. The molecule has 3 heterocycles. The van der Waals surface area contributed by atoms with Crippen LogP contribution in [0.1, 0.15) is 22.3 Å². The molecule has 0 atom stereocenters. The van der Waals surface area contributed by atoms with Crippen LogP contribution in [0.15, 0.2) is 164 Å². The summed E-state index contributed by atoms with van der Waals surface area (Å²) in [5.74, 6) is 0. The predicted octanol–water partition coefficient (Wildman–Crippen LogP) is 12.8. The fourth-order valence-corrected chi connectivity index (χ4v) is 7.05. The van der Waals surface area contributed by atoms with E-state index >= 15 is 0 Å². The fourth-order valence-electron chi connectivity index (χ4n) is 7.05. The number of benzene rings is 5. The fraction of sp³-hybridized carbons (Fsp3) is 0.0816. The molecule has 3 aromatic heterocycles. The van der Waals surface area contributed by atoms with Crippen molar-refractivity contribution in [2.45, 2.75) is 27.7 Å². The molecular weight excluding hydrogens is 631 g/mol. The molecule has 0 unspecified atom stereocenters. The van der Waals surface area contributed by atoms with Gasteiger partial charge in [0.15, 0.2) is 0 Å². The van der Waals surface area contributed by atoms with Crippen LogP contribution >= 0.6 is 0 Å². The zero-order valence-electron chi connectivity index (χ0n) is 29.9. The number of pyridine rings is 3. The van der Waals surface area contributed by atoms with E-state index < -0.39 is 0 Å². The van der Waals surface area contributed by atoms with Crippen LogP contribution in [0.25, 0.3) is 78.4 Å². The van der Waals surface area contributed by atoms with Gasteiger partial charge in [-0.3, -0.25) is 9.97 Å². The Bertz CT molecular complexity index is 2310. The molecule has 0 saturated heterocycles. The lowest BCUT2D eigenvalue weighted by molar-refractivity contribution is 1.30. The molecule has 0 aliphatic carbocycles. The van der Waals surface area contributed by atoms with Crippen LogP contribution in [-0.2, 0) is 0 Å². The number of nitrogens with zero attached hydrogens (tertiary/aromatic N) is 3. The summed E-state index contributed by atoms with van der Waals surface area (Å²) in [6, 6.07) is 53.7. The van der Waals surface area contributed by atoms with Crippen LogP contribution in [0, 0.1) is 27.7 Å². The van der Waals surface area contributed by atoms with Gasteiger partial charge in [-0.2, -0.15) is 0 Å². The Balaban J connectivity index is 1.27. The highest BCUT2D eigenvalue weighted by molar-refractivity contribution is 5.83. The Hall–Kier alpha value is -6.45. The molecule has 3 heteroatoms. The quantitative estimate of drug-likeness (QED) is 0.169. The third-order valence-electron chi connectivity index (χ3n) is 9.46. The first-order valence-electron chi connectivity index (χ1n) is 17.7. The largest absolute Gasteiger partial charge is 0.256 e. The molecular formula is C49H39N3. The highest BCUT2D eigenvalue weighted by Crippen LogP contribution is 2.36.